The van der Waals surface area contributed by atoms with Gasteiger partial charge in [0.1, 0.15) is 12.4 Å². The number of nitrogens with two attached hydrogens (primary N) is 1. The lowest BCUT2D eigenvalue weighted by atomic mass is 10.1. The molecule has 2 nitrogen and oxygen atoms in total. The predicted molar refractivity (Wildman–Crippen MR) is 79.8 cm³/mol. The van der Waals surface area contributed by atoms with E-state index in [4.69, 9.17) is 33.7 Å². The summed E-state index contributed by atoms with van der Waals surface area (Å²) in [5, 5.41) is 1.07. The van der Waals surface area contributed by atoms with E-state index in [0.717, 1.165) is 16.9 Å². The summed E-state index contributed by atoms with van der Waals surface area (Å²) < 4.78 is 5.80. The van der Waals surface area contributed by atoms with E-state index in [2.05, 4.69) is 0 Å². The Bertz CT molecular complexity index is 570. The average Bonchev–Trinajstić information content (AvgIpc) is 2.40. The van der Waals surface area contributed by atoms with Crippen LogP contribution in [0.1, 0.15) is 24.1 Å². The zero-order valence-corrected chi connectivity index (χ0v) is 12.1. The van der Waals surface area contributed by atoms with E-state index in [0.29, 0.717) is 16.7 Å². The van der Waals surface area contributed by atoms with Crippen LogP contribution in [0.25, 0.3) is 0 Å². The zero-order valence-electron chi connectivity index (χ0n) is 10.6. The molecule has 0 aliphatic rings. The summed E-state index contributed by atoms with van der Waals surface area (Å²) in [5.41, 5.74) is 7.86. The molecule has 0 saturated heterocycles. The van der Waals surface area contributed by atoms with Gasteiger partial charge >= 0.3 is 0 Å². The first-order valence-corrected chi connectivity index (χ1v) is 6.74. The van der Waals surface area contributed by atoms with Gasteiger partial charge in [0, 0.05) is 11.6 Å². The number of halogens is 2. The van der Waals surface area contributed by atoms with Gasteiger partial charge < -0.3 is 10.5 Å². The number of hydrogen-bond acceptors (Lipinski definition) is 2. The Morgan fingerprint density at radius 1 is 1.11 bits per heavy atom. The molecule has 0 spiro atoms. The highest BCUT2D eigenvalue weighted by atomic mass is 35.5. The van der Waals surface area contributed by atoms with Crippen LogP contribution in [-0.2, 0) is 6.61 Å². The molecule has 4 heteroatoms. The first-order chi connectivity index (χ1) is 9.08. The summed E-state index contributed by atoms with van der Waals surface area (Å²) in [6.45, 7) is 2.36. The molecule has 0 aromatic heterocycles. The van der Waals surface area contributed by atoms with Crippen LogP contribution < -0.4 is 10.5 Å². The van der Waals surface area contributed by atoms with Gasteiger partial charge in [0.15, 0.2) is 0 Å². The van der Waals surface area contributed by atoms with Crippen LogP contribution in [0.5, 0.6) is 5.75 Å². The SMILES string of the molecule is C[C@H](N)c1ccccc1OCc1ccc(Cl)c(Cl)c1. The summed E-state index contributed by atoms with van der Waals surface area (Å²) in [5.74, 6) is 0.795. The van der Waals surface area contributed by atoms with Crippen molar-refractivity contribution in [3.63, 3.8) is 0 Å². The summed E-state index contributed by atoms with van der Waals surface area (Å²) >= 11 is 11.8. The summed E-state index contributed by atoms with van der Waals surface area (Å²) in [6.07, 6.45) is 0. The van der Waals surface area contributed by atoms with Crippen LogP contribution >= 0.6 is 23.2 Å². The van der Waals surface area contributed by atoms with Crippen LogP contribution in [0.2, 0.25) is 10.0 Å². The summed E-state index contributed by atoms with van der Waals surface area (Å²) in [7, 11) is 0. The van der Waals surface area contributed by atoms with Crippen LogP contribution in [0.3, 0.4) is 0 Å². The highest BCUT2D eigenvalue weighted by Crippen LogP contribution is 2.26. The monoisotopic (exact) mass is 295 g/mol. The molecule has 0 amide bonds. The van der Waals surface area contributed by atoms with Gasteiger partial charge in [0.25, 0.3) is 0 Å². The molecular weight excluding hydrogens is 281 g/mol. The third-order valence-electron chi connectivity index (χ3n) is 2.79. The van der Waals surface area contributed by atoms with E-state index >= 15 is 0 Å². The maximum absolute atomic E-state index is 5.97. The molecule has 100 valence electrons. The molecule has 0 heterocycles. The minimum atomic E-state index is -0.0648. The molecule has 0 fully saturated rings. The van der Waals surface area contributed by atoms with Crippen molar-refractivity contribution in [1.29, 1.82) is 0 Å². The largest absolute Gasteiger partial charge is 0.489 e. The fraction of sp³-hybridized carbons (Fsp3) is 0.200. The van der Waals surface area contributed by atoms with Gasteiger partial charge in [-0.2, -0.15) is 0 Å². The normalized spacial score (nSPS) is 12.2. The molecule has 0 bridgehead atoms. The molecule has 0 radical (unpaired) electrons. The number of hydrogen-bond donors (Lipinski definition) is 1. The topological polar surface area (TPSA) is 35.2 Å². The Labute approximate surface area is 123 Å². The molecule has 2 aromatic carbocycles. The molecule has 1 atom stereocenters. The van der Waals surface area contributed by atoms with Crippen LogP contribution in [0.15, 0.2) is 42.5 Å². The fourth-order valence-corrected chi connectivity index (χ4v) is 2.10. The van der Waals surface area contributed by atoms with Crippen molar-refractivity contribution in [1.82, 2.24) is 0 Å². The van der Waals surface area contributed by atoms with Crippen molar-refractivity contribution in [2.75, 3.05) is 0 Å². The van der Waals surface area contributed by atoms with Gasteiger partial charge in [-0.05, 0) is 30.7 Å². The van der Waals surface area contributed by atoms with E-state index < -0.39 is 0 Å². The first-order valence-electron chi connectivity index (χ1n) is 5.99. The lowest BCUT2D eigenvalue weighted by molar-refractivity contribution is 0.301. The lowest BCUT2D eigenvalue weighted by Crippen LogP contribution is -2.07. The van der Waals surface area contributed by atoms with Gasteiger partial charge in [-0.3, -0.25) is 0 Å². The standard InChI is InChI=1S/C15H15Cl2NO/c1-10(18)12-4-2-3-5-15(12)19-9-11-6-7-13(16)14(17)8-11/h2-8,10H,9,18H2,1H3/t10-/m0/s1. The highest BCUT2D eigenvalue weighted by Gasteiger charge is 2.07. The average molecular weight is 296 g/mol. The van der Waals surface area contributed by atoms with E-state index in [9.17, 15) is 0 Å². The van der Waals surface area contributed by atoms with E-state index in [1.54, 1.807) is 12.1 Å². The Morgan fingerprint density at radius 3 is 2.53 bits per heavy atom. The van der Waals surface area contributed by atoms with E-state index in [1.807, 2.05) is 37.3 Å². The molecule has 0 aliphatic heterocycles. The van der Waals surface area contributed by atoms with Gasteiger partial charge in [-0.1, -0.05) is 47.5 Å². The molecule has 2 aromatic rings. The van der Waals surface area contributed by atoms with E-state index in [-0.39, 0.29) is 6.04 Å². The maximum Gasteiger partial charge on any atom is 0.124 e. The minimum absolute atomic E-state index is 0.0648. The van der Waals surface area contributed by atoms with Crippen molar-refractivity contribution < 1.29 is 4.74 Å². The number of benzene rings is 2. The Balaban J connectivity index is 2.12. The molecule has 2 N–H and O–H groups in total. The Morgan fingerprint density at radius 2 is 1.84 bits per heavy atom. The Kier molecular flexibility index (Phi) is 4.70. The predicted octanol–water partition coefficient (Wildman–Crippen LogP) is 4.59. The van der Waals surface area contributed by atoms with Crippen molar-refractivity contribution in [3.05, 3.63) is 63.6 Å². The van der Waals surface area contributed by atoms with Gasteiger partial charge in [-0.15, -0.1) is 0 Å². The minimum Gasteiger partial charge on any atom is -0.489 e. The Hall–Kier alpha value is -1.22. The molecule has 0 unspecified atom stereocenters. The number of rotatable bonds is 4. The third-order valence-corrected chi connectivity index (χ3v) is 3.53. The van der Waals surface area contributed by atoms with E-state index in [1.165, 1.54) is 0 Å². The van der Waals surface area contributed by atoms with Crippen LogP contribution in [-0.4, -0.2) is 0 Å². The second-order valence-corrected chi connectivity index (χ2v) is 5.18. The van der Waals surface area contributed by atoms with Gasteiger partial charge in [0.05, 0.1) is 10.0 Å². The molecule has 2 rings (SSSR count). The molecule has 19 heavy (non-hydrogen) atoms. The number of ether oxygens (including phenoxy) is 1. The maximum atomic E-state index is 5.97. The summed E-state index contributed by atoms with van der Waals surface area (Å²) in [6, 6.07) is 13.2. The number of para-hydroxylation sites is 1. The molecule has 0 aliphatic carbocycles. The smallest absolute Gasteiger partial charge is 0.124 e. The van der Waals surface area contributed by atoms with Gasteiger partial charge in [0.2, 0.25) is 0 Å². The van der Waals surface area contributed by atoms with Crippen molar-refractivity contribution >= 4 is 23.2 Å². The second-order valence-electron chi connectivity index (χ2n) is 4.36. The fourth-order valence-electron chi connectivity index (χ4n) is 1.78. The lowest BCUT2D eigenvalue weighted by Gasteiger charge is -2.14. The summed E-state index contributed by atoms with van der Waals surface area (Å²) in [4.78, 5) is 0. The molecular formula is C15H15Cl2NO. The van der Waals surface area contributed by atoms with Crippen molar-refractivity contribution in [2.45, 2.75) is 19.6 Å². The molecule has 0 saturated carbocycles. The van der Waals surface area contributed by atoms with Crippen molar-refractivity contribution in [3.8, 4) is 5.75 Å². The highest BCUT2D eigenvalue weighted by molar-refractivity contribution is 6.42. The quantitative estimate of drug-likeness (QED) is 0.895. The third kappa shape index (κ3) is 3.63. The van der Waals surface area contributed by atoms with Crippen LogP contribution in [0.4, 0.5) is 0 Å². The second kappa shape index (κ2) is 6.29. The van der Waals surface area contributed by atoms with Crippen molar-refractivity contribution in [2.24, 2.45) is 5.73 Å². The zero-order chi connectivity index (χ0) is 13.8. The first kappa shape index (κ1) is 14.2. The van der Waals surface area contributed by atoms with Gasteiger partial charge in [-0.25, -0.2) is 0 Å². The van der Waals surface area contributed by atoms with Crippen LogP contribution in [0, 0.1) is 0 Å².